The first-order chi connectivity index (χ1) is 22.3. The van der Waals surface area contributed by atoms with Gasteiger partial charge in [-0.3, -0.25) is 4.79 Å². The topological polar surface area (TPSA) is 169 Å². The molecule has 8 atom stereocenters. The first-order valence-corrected chi connectivity index (χ1v) is 17.9. The van der Waals surface area contributed by atoms with Gasteiger partial charge in [-0.05, 0) is 31.2 Å². The number of unbranched alkanes of at least 4 members (excludes halogenated alkanes) is 13. The maximum atomic E-state index is 12.8. The average Bonchev–Trinajstić information content (AvgIpc) is 3.06. The lowest BCUT2D eigenvalue weighted by Crippen LogP contribution is -2.60. The molecule has 1 saturated heterocycles. The smallest absolute Gasteiger partial charge is 0.220 e. The van der Waals surface area contributed by atoms with Gasteiger partial charge in [0.2, 0.25) is 5.91 Å². The lowest BCUT2D eigenvalue weighted by molar-refractivity contribution is -0.303. The second-order valence-electron chi connectivity index (χ2n) is 13.0. The number of benzene rings is 1. The second kappa shape index (κ2) is 24.5. The quantitative estimate of drug-likeness (QED) is 0.0734. The van der Waals surface area contributed by atoms with E-state index in [4.69, 9.17) is 9.47 Å². The number of nitrogens with one attached hydrogen (secondary N) is 1. The molecule has 0 bridgehead atoms. The summed E-state index contributed by atoms with van der Waals surface area (Å²) in [5, 5.41) is 64.6. The SMILES string of the molecule is CCCCCCCCCCCCCC[C@@H](O)[C@@H](O)[C@H](CO[C@H]1O[C@H](CO)[C@H](O)[C@H](O)[C@H]1O)NC(=O)CCCCCc1ccccc1. The highest BCUT2D eigenvalue weighted by Crippen LogP contribution is 2.23. The second-order valence-corrected chi connectivity index (χ2v) is 13.0. The minimum absolute atomic E-state index is 0.243. The Morgan fingerprint density at radius 3 is 2.00 bits per heavy atom. The minimum Gasteiger partial charge on any atom is -0.394 e. The average molecular weight is 654 g/mol. The Morgan fingerprint density at radius 1 is 0.804 bits per heavy atom. The Kier molecular flexibility index (Phi) is 21.6. The highest BCUT2D eigenvalue weighted by molar-refractivity contribution is 5.76. The van der Waals surface area contributed by atoms with Gasteiger partial charge in [-0.15, -0.1) is 0 Å². The molecule has 10 heteroatoms. The Bertz CT molecular complexity index is 889. The summed E-state index contributed by atoms with van der Waals surface area (Å²) in [6, 6.07) is 9.15. The number of carbonyl (C=O) groups is 1. The summed E-state index contributed by atoms with van der Waals surface area (Å²) in [6.45, 7) is 1.31. The number of rotatable bonds is 26. The van der Waals surface area contributed by atoms with Crippen molar-refractivity contribution in [2.24, 2.45) is 0 Å². The normalized spacial score (nSPS) is 23.6. The molecule has 1 aromatic rings. The molecule has 1 fully saturated rings. The standard InChI is InChI=1S/C36H63NO9/c1-2-3-4-5-6-7-8-9-10-11-12-18-23-29(39)32(41)28(26-45-36-35(44)34(43)33(42)30(25-38)46-36)37-31(40)24-19-14-17-22-27-20-15-13-16-21-27/h13,15-16,20-21,28-30,32-36,38-39,41-44H,2-12,14,17-19,22-26H2,1H3,(H,37,40)/t28-,29+,30+,32-,33-,34-,35+,36-/m0/s1. The van der Waals surface area contributed by atoms with Crippen LogP contribution in [0.4, 0.5) is 0 Å². The lowest BCUT2D eigenvalue weighted by atomic mass is 9.98. The third-order valence-corrected chi connectivity index (χ3v) is 9.01. The molecule has 0 saturated carbocycles. The number of aryl methyl sites for hydroxylation is 1. The van der Waals surface area contributed by atoms with Gasteiger partial charge in [-0.25, -0.2) is 0 Å². The van der Waals surface area contributed by atoms with Gasteiger partial charge < -0.3 is 45.4 Å². The Labute approximate surface area is 276 Å². The Balaban J connectivity index is 1.79. The molecule has 0 unspecified atom stereocenters. The van der Waals surface area contributed by atoms with Crippen molar-refractivity contribution in [3.63, 3.8) is 0 Å². The number of aliphatic hydroxyl groups is 6. The van der Waals surface area contributed by atoms with Crippen molar-refractivity contribution in [3.05, 3.63) is 35.9 Å². The van der Waals surface area contributed by atoms with Crippen LogP contribution in [-0.2, 0) is 20.7 Å². The Hall–Kier alpha value is -1.63. The third kappa shape index (κ3) is 16.0. The molecule has 0 aliphatic carbocycles. The van der Waals surface area contributed by atoms with Crippen LogP contribution in [0.5, 0.6) is 0 Å². The van der Waals surface area contributed by atoms with Gasteiger partial charge in [0.1, 0.15) is 30.5 Å². The predicted molar refractivity (Wildman–Crippen MR) is 178 cm³/mol. The number of aliphatic hydroxyl groups excluding tert-OH is 6. The zero-order chi connectivity index (χ0) is 33.6. The molecule has 2 rings (SSSR count). The fraction of sp³-hybridized carbons (Fsp3) is 0.806. The summed E-state index contributed by atoms with van der Waals surface area (Å²) < 4.78 is 11.1. The molecule has 1 aliphatic rings. The van der Waals surface area contributed by atoms with E-state index in [1.807, 2.05) is 18.2 Å². The zero-order valence-electron chi connectivity index (χ0n) is 28.1. The van der Waals surface area contributed by atoms with Gasteiger partial charge in [0.05, 0.1) is 25.4 Å². The van der Waals surface area contributed by atoms with Crippen LogP contribution in [0, 0.1) is 0 Å². The number of hydrogen-bond acceptors (Lipinski definition) is 9. The third-order valence-electron chi connectivity index (χ3n) is 9.01. The summed E-state index contributed by atoms with van der Waals surface area (Å²) in [5.74, 6) is -0.293. The molecule has 1 aliphatic heterocycles. The number of hydrogen-bond donors (Lipinski definition) is 7. The first-order valence-electron chi connectivity index (χ1n) is 17.9. The van der Waals surface area contributed by atoms with E-state index in [0.29, 0.717) is 12.8 Å². The van der Waals surface area contributed by atoms with E-state index in [1.165, 1.54) is 56.9 Å². The summed E-state index contributed by atoms with van der Waals surface area (Å²) in [7, 11) is 0. The molecule has 1 aromatic carbocycles. The van der Waals surface area contributed by atoms with Crippen molar-refractivity contribution in [2.45, 2.75) is 171 Å². The molecule has 0 spiro atoms. The van der Waals surface area contributed by atoms with Gasteiger partial charge >= 0.3 is 0 Å². The highest BCUT2D eigenvalue weighted by atomic mass is 16.7. The summed E-state index contributed by atoms with van der Waals surface area (Å²) in [4.78, 5) is 12.8. The van der Waals surface area contributed by atoms with E-state index in [-0.39, 0.29) is 18.9 Å². The number of amides is 1. The maximum absolute atomic E-state index is 12.8. The molecular weight excluding hydrogens is 590 g/mol. The van der Waals surface area contributed by atoms with Crippen molar-refractivity contribution < 1.29 is 44.9 Å². The van der Waals surface area contributed by atoms with E-state index in [1.54, 1.807) is 0 Å². The predicted octanol–water partition coefficient (Wildman–Crippen LogP) is 3.90. The molecule has 46 heavy (non-hydrogen) atoms. The van der Waals surface area contributed by atoms with Gasteiger partial charge in [-0.2, -0.15) is 0 Å². The molecule has 10 nitrogen and oxygen atoms in total. The molecular formula is C36H63NO9. The van der Waals surface area contributed by atoms with Gasteiger partial charge in [0.25, 0.3) is 0 Å². The summed E-state index contributed by atoms with van der Waals surface area (Å²) in [6.07, 6.45) is 8.55. The summed E-state index contributed by atoms with van der Waals surface area (Å²) in [5.41, 5.74) is 1.25. The van der Waals surface area contributed by atoms with Crippen LogP contribution in [0.25, 0.3) is 0 Å². The van der Waals surface area contributed by atoms with Gasteiger partial charge in [0.15, 0.2) is 6.29 Å². The Morgan fingerprint density at radius 2 is 1.39 bits per heavy atom. The highest BCUT2D eigenvalue weighted by Gasteiger charge is 2.44. The lowest BCUT2D eigenvalue weighted by Gasteiger charge is -2.40. The monoisotopic (exact) mass is 653 g/mol. The molecule has 1 amide bonds. The van der Waals surface area contributed by atoms with Crippen LogP contribution in [0.3, 0.4) is 0 Å². The largest absolute Gasteiger partial charge is 0.394 e. The summed E-state index contributed by atoms with van der Waals surface area (Å²) >= 11 is 0. The first kappa shape index (κ1) is 40.5. The van der Waals surface area contributed by atoms with Crippen molar-refractivity contribution in [1.82, 2.24) is 5.32 Å². The van der Waals surface area contributed by atoms with Crippen LogP contribution < -0.4 is 5.32 Å². The van der Waals surface area contributed by atoms with E-state index < -0.39 is 55.6 Å². The van der Waals surface area contributed by atoms with Crippen molar-refractivity contribution in [3.8, 4) is 0 Å². The van der Waals surface area contributed by atoms with Crippen molar-refractivity contribution >= 4 is 5.91 Å². The van der Waals surface area contributed by atoms with Crippen molar-refractivity contribution in [1.29, 1.82) is 0 Å². The molecule has 0 radical (unpaired) electrons. The molecule has 7 N–H and O–H groups in total. The van der Waals surface area contributed by atoms with Crippen LogP contribution in [0.2, 0.25) is 0 Å². The molecule has 0 aromatic heterocycles. The number of ether oxygens (including phenoxy) is 2. The fourth-order valence-corrected chi connectivity index (χ4v) is 5.98. The van der Waals surface area contributed by atoms with Crippen LogP contribution in [0.15, 0.2) is 30.3 Å². The van der Waals surface area contributed by atoms with Crippen LogP contribution in [0.1, 0.15) is 122 Å². The van der Waals surface area contributed by atoms with Crippen molar-refractivity contribution in [2.75, 3.05) is 13.2 Å². The minimum atomic E-state index is -1.61. The van der Waals surface area contributed by atoms with Gasteiger partial charge in [0, 0.05) is 6.42 Å². The zero-order valence-corrected chi connectivity index (χ0v) is 28.1. The maximum Gasteiger partial charge on any atom is 0.220 e. The van der Waals surface area contributed by atoms with E-state index in [0.717, 1.165) is 44.9 Å². The van der Waals surface area contributed by atoms with E-state index in [2.05, 4.69) is 24.4 Å². The number of carbonyl (C=O) groups excluding carboxylic acids is 1. The van der Waals surface area contributed by atoms with Gasteiger partial charge in [-0.1, -0.05) is 121 Å². The molecule has 266 valence electrons. The van der Waals surface area contributed by atoms with Crippen LogP contribution >= 0.6 is 0 Å². The fourth-order valence-electron chi connectivity index (χ4n) is 5.98. The van der Waals surface area contributed by atoms with Crippen LogP contribution in [-0.4, -0.2) is 98.7 Å². The van der Waals surface area contributed by atoms with E-state index in [9.17, 15) is 35.4 Å². The van der Waals surface area contributed by atoms with E-state index >= 15 is 0 Å². The molecule has 1 heterocycles.